The fraction of sp³-hybridized carbons (Fsp3) is 0.357. The predicted octanol–water partition coefficient (Wildman–Crippen LogP) is 0.664. The summed E-state index contributed by atoms with van der Waals surface area (Å²) in [5.74, 6) is -0.0668. The second-order valence-electron chi connectivity index (χ2n) is 4.65. The summed E-state index contributed by atoms with van der Waals surface area (Å²) >= 11 is 0. The zero-order chi connectivity index (χ0) is 14.4. The molecule has 6 heteroatoms. The van der Waals surface area contributed by atoms with E-state index in [-0.39, 0.29) is 11.9 Å². The normalized spacial score (nSPS) is 12.1. The van der Waals surface area contributed by atoms with Crippen molar-refractivity contribution in [2.24, 2.45) is 0 Å². The molecule has 0 radical (unpaired) electrons. The summed E-state index contributed by atoms with van der Waals surface area (Å²) in [6.45, 7) is 3.14. The molecule has 0 bridgehead atoms. The maximum absolute atomic E-state index is 12.2. The molecule has 0 aliphatic carbocycles. The smallest absolute Gasteiger partial charge is 0.251 e. The molecule has 2 aromatic rings. The van der Waals surface area contributed by atoms with Crippen molar-refractivity contribution in [3.8, 4) is 0 Å². The molecular weight excluding hydrogens is 254 g/mol. The maximum Gasteiger partial charge on any atom is 0.251 e. The van der Waals surface area contributed by atoms with E-state index in [0.717, 1.165) is 5.56 Å². The van der Waals surface area contributed by atoms with Crippen molar-refractivity contribution in [1.29, 1.82) is 0 Å². The van der Waals surface area contributed by atoms with Crippen molar-refractivity contribution in [3.63, 3.8) is 0 Å². The summed E-state index contributed by atoms with van der Waals surface area (Å²) in [5.41, 5.74) is 1.60. The van der Waals surface area contributed by atoms with Gasteiger partial charge in [-0.3, -0.25) is 4.79 Å². The van der Waals surface area contributed by atoms with Crippen LogP contribution in [0.1, 0.15) is 22.8 Å². The van der Waals surface area contributed by atoms with Crippen LogP contribution in [0.5, 0.6) is 0 Å². The van der Waals surface area contributed by atoms with Crippen LogP contribution in [0.2, 0.25) is 0 Å². The van der Waals surface area contributed by atoms with Crippen LogP contribution >= 0.6 is 0 Å². The SMILES string of the molecule is CNC(C)CNC(=O)c1ccccc1Cn1cncn1. The van der Waals surface area contributed by atoms with Crippen molar-refractivity contribution in [3.05, 3.63) is 48.0 Å². The Morgan fingerprint density at radius 2 is 2.20 bits per heavy atom. The standard InChI is InChI=1S/C14H19N5O/c1-11(15-2)7-17-14(20)13-6-4-3-5-12(13)8-19-10-16-9-18-19/h3-6,9-11,15H,7-8H2,1-2H3,(H,17,20). The van der Waals surface area contributed by atoms with Crippen molar-refractivity contribution >= 4 is 5.91 Å². The van der Waals surface area contributed by atoms with Crippen LogP contribution in [-0.4, -0.2) is 40.3 Å². The molecule has 1 unspecified atom stereocenters. The second kappa shape index (κ2) is 6.81. The summed E-state index contributed by atoms with van der Waals surface area (Å²) in [7, 11) is 1.87. The Labute approximate surface area is 118 Å². The fourth-order valence-corrected chi connectivity index (χ4v) is 1.81. The molecular formula is C14H19N5O. The maximum atomic E-state index is 12.2. The van der Waals surface area contributed by atoms with Gasteiger partial charge in [-0.15, -0.1) is 0 Å². The highest BCUT2D eigenvalue weighted by atomic mass is 16.1. The van der Waals surface area contributed by atoms with E-state index >= 15 is 0 Å². The summed E-state index contributed by atoms with van der Waals surface area (Å²) in [6, 6.07) is 7.77. The van der Waals surface area contributed by atoms with Gasteiger partial charge in [0.05, 0.1) is 6.54 Å². The van der Waals surface area contributed by atoms with Gasteiger partial charge in [0, 0.05) is 18.2 Å². The molecule has 1 aromatic carbocycles. The first kappa shape index (κ1) is 14.2. The third kappa shape index (κ3) is 3.64. The van der Waals surface area contributed by atoms with Gasteiger partial charge in [-0.25, -0.2) is 9.67 Å². The molecule has 1 amide bonds. The highest BCUT2D eigenvalue weighted by molar-refractivity contribution is 5.95. The first-order valence-electron chi connectivity index (χ1n) is 6.56. The fourth-order valence-electron chi connectivity index (χ4n) is 1.81. The van der Waals surface area contributed by atoms with Crippen molar-refractivity contribution < 1.29 is 4.79 Å². The first-order chi connectivity index (χ1) is 9.70. The number of benzene rings is 1. The van der Waals surface area contributed by atoms with E-state index in [9.17, 15) is 4.79 Å². The summed E-state index contributed by atoms with van der Waals surface area (Å²) in [5, 5.41) is 10.1. The molecule has 0 fully saturated rings. The van der Waals surface area contributed by atoms with E-state index in [1.807, 2.05) is 38.2 Å². The molecule has 0 saturated carbocycles. The number of amides is 1. The summed E-state index contributed by atoms with van der Waals surface area (Å²) in [4.78, 5) is 16.1. The van der Waals surface area contributed by atoms with Crippen LogP contribution in [0, 0.1) is 0 Å². The van der Waals surface area contributed by atoms with E-state index in [4.69, 9.17) is 0 Å². The topological polar surface area (TPSA) is 71.8 Å². The number of carbonyl (C=O) groups excluding carboxylic acids is 1. The highest BCUT2D eigenvalue weighted by Crippen LogP contribution is 2.10. The van der Waals surface area contributed by atoms with E-state index in [1.54, 1.807) is 11.0 Å². The van der Waals surface area contributed by atoms with Gasteiger partial charge in [0.25, 0.3) is 5.91 Å². The van der Waals surface area contributed by atoms with E-state index < -0.39 is 0 Å². The van der Waals surface area contributed by atoms with Gasteiger partial charge in [-0.2, -0.15) is 5.10 Å². The molecule has 1 heterocycles. The molecule has 106 valence electrons. The Morgan fingerprint density at radius 1 is 1.40 bits per heavy atom. The van der Waals surface area contributed by atoms with E-state index in [0.29, 0.717) is 18.7 Å². The molecule has 20 heavy (non-hydrogen) atoms. The van der Waals surface area contributed by atoms with Gasteiger partial charge in [-0.05, 0) is 25.6 Å². The Bertz CT molecular complexity index is 552. The van der Waals surface area contributed by atoms with Crippen LogP contribution in [0.3, 0.4) is 0 Å². The average molecular weight is 273 g/mol. The second-order valence-corrected chi connectivity index (χ2v) is 4.65. The lowest BCUT2D eigenvalue weighted by Gasteiger charge is -2.13. The molecule has 6 nitrogen and oxygen atoms in total. The monoisotopic (exact) mass is 273 g/mol. The number of nitrogens with one attached hydrogen (secondary N) is 2. The molecule has 0 spiro atoms. The van der Waals surface area contributed by atoms with Crippen molar-refractivity contribution in [2.75, 3.05) is 13.6 Å². The van der Waals surface area contributed by atoms with Gasteiger partial charge in [0.2, 0.25) is 0 Å². The summed E-state index contributed by atoms with van der Waals surface area (Å²) < 4.78 is 1.70. The molecule has 0 aliphatic rings. The molecule has 1 atom stereocenters. The molecule has 0 aliphatic heterocycles. The van der Waals surface area contributed by atoms with Crippen LogP contribution in [0.4, 0.5) is 0 Å². The van der Waals surface area contributed by atoms with E-state index in [1.165, 1.54) is 6.33 Å². The van der Waals surface area contributed by atoms with Crippen LogP contribution < -0.4 is 10.6 Å². The minimum absolute atomic E-state index is 0.0668. The zero-order valence-electron chi connectivity index (χ0n) is 11.7. The molecule has 1 aromatic heterocycles. The Kier molecular flexibility index (Phi) is 4.84. The number of hydrogen-bond acceptors (Lipinski definition) is 4. The Hall–Kier alpha value is -2.21. The first-order valence-corrected chi connectivity index (χ1v) is 6.56. The van der Waals surface area contributed by atoms with Crippen molar-refractivity contribution in [2.45, 2.75) is 19.5 Å². The Balaban J connectivity index is 2.09. The quantitative estimate of drug-likeness (QED) is 0.811. The largest absolute Gasteiger partial charge is 0.350 e. The third-order valence-electron chi connectivity index (χ3n) is 3.12. The van der Waals surface area contributed by atoms with Crippen molar-refractivity contribution in [1.82, 2.24) is 25.4 Å². The van der Waals surface area contributed by atoms with Gasteiger partial charge < -0.3 is 10.6 Å². The van der Waals surface area contributed by atoms with Gasteiger partial charge in [-0.1, -0.05) is 18.2 Å². The van der Waals surface area contributed by atoms with E-state index in [2.05, 4.69) is 20.7 Å². The predicted molar refractivity (Wildman–Crippen MR) is 76.4 cm³/mol. The zero-order valence-corrected chi connectivity index (χ0v) is 11.7. The summed E-state index contributed by atoms with van der Waals surface area (Å²) in [6.07, 6.45) is 3.12. The lowest BCUT2D eigenvalue weighted by atomic mass is 10.1. The molecule has 2 N–H and O–H groups in total. The molecule has 2 rings (SSSR count). The number of aromatic nitrogens is 3. The minimum Gasteiger partial charge on any atom is -0.350 e. The van der Waals surface area contributed by atoms with Crippen LogP contribution in [0.15, 0.2) is 36.9 Å². The van der Waals surface area contributed by atoms with Gasteiger partial charge in [0.15, 0.2) is 0 Å². The minimum atomic E-state index is -0.0668. The Morgan fingerprint density at radius 3 is 2.90 bits per heavy atom. The van der Waals surface area contributed by atoms with Crippen LogP contribution in [0.25, 0.3) is 0 Å². The lowest BCUT2D eigenvalue weighted by molar-refractivity contribution is 0.0949. The average Bonchev–Trinajstić information content (AvgIpc) is 2.98. The number of likely N-dealkylation sites (N-methyl/N-ethyl adjacent to an activating group) is 1. The highest BCUT2D eigenvalue weighted by Gasteiger charge is 2.11. The third-order valence-corrected chi connectivity index (χ3v) is 3.12. The van der Waals surface area contributed by atoms with Gasteiger partial charge in [0.1, 0.15) is 12.7 Å². The lowest BCUT2D eigenvalue weighted by Crippen LogP contribution is -2.37. The van der Waals surface area contributed by atoms with Gasteiger partial charge >= 0.3 is 0 Å². The number of nitrogens with zero attached hydrogens (tertiary/aromatic N) is 3. The number of rotatable bonds is 6. The molecule has 0 saturated heterocycles. The number of hydrogen-bond donors (Lipinski definition) is 2. The number of carbonyl (C=O) groups is 1. The van der Waals surface area contributed by atoms with Crippen LogP contribution in [-0.2, 0) is 6.54 Å².